The van der Waals surface area contributed by atoms with Gasteiger partial charge in [0.25, 0.3) is 0 Å². The molecule has 3 heterocycles. The van der Waals surface area contributed by atoms with Gasteiger partial charge in [0, 0.05) is 18.2 Å². The molecule has 1 aromatic rings. The Kier molecular flexibility index (Phi) is 5.17. The van der Waals surface area contributed by atoms with E-state index in [9.17, 15) is 5.26 Å². The summed E-state index contributed by atoms with van der Waals surface area (Å²) in [5.74, 6) is 1.35. The molecule has 2 aliphatic carbocycles. The largest absolute Gasteiger partial charge is 0.257 e. The average Bonchev–Trinajstić information content (AvgIpc) is 3.17. The monoisotopic (exact) mass is 423 g/mol. The van der Waals surface area contributed by atoms with Gasteiger partial charge in [-0.2, -0.15) is 10.4 Å². The number of hydrogen-bond donors (Lipinski definition) is 0. The van der Waals surface area contributed by atoms with Gasteiger partial charge >= 0.3 is 0 Å². The number of nitriles is 1. The van der Waals surface area contributed by atoms with E-state index in [4.69, 9.17) is 4.99 Å². The molecule has 5 nitrogen and oxygen atoms in total. The molecule has 0 saturated heterocycles. The summed E-state index contributed by atoms with van der Waals surface area (Å²) in [7, 11) is 0. The van der Waals surface area contributed by atoms with E-state index in [0.29, 0.717) is 5.92 Å². The lowest BCUT2D eigenvalue weighted by Crippen LogP contribution is -2.36. The molecule has 4 aliphatic rings. The van der Waals surface area contributed by atoms with Gasteiger partial charge in [0.15, 0.2) is 12.0 Å². The molecule has 32 heavy (non-hydrogen) atoms. The number of rotatable bonds is 6. The Morgan fingerprint density at radius 2 is 2.22 bits per heavy atom. The van der Waals surface area contributed by atoms with E-state index < -0.39 is 0 Å². The molecule has 0 amide bonds. The van der Waals surface area contributed by atoms with E-state index in [-0.39, 0.29) is 23.4 Å². The molecule has 1 aromatic heterocycles. The maximum Gasteiger partial charge on any atom is 0.155 e. The van der Waals surface area contributed by atoms with Crippen molar-refractivity contribution in [2.24, 2.45) is 33.2 Å². The van der Waals surface area contributed by atoms with Crippen LogP contribution in [0.1, 0.15) is 44.0 Å². The first-order valence-corrected chi connectivity index (χ1v) is 11.5. The lowest BCUT2D eigenvalue weighted by Gasteiger charge is -2.41. The van der Waals surface area contributed by atoms with Gasteiger partial charge in [0.1, 0.15) is 0 Å². The molecule has 4 atom stereocenters. The molecular formula is C27H29N5. The molecular weight excluding hydrogens is 394 g/mol. The molecule has 0 radical (unpaired) electrons. The zero-order valence-electron chi connectivity index (χ0n) is 18.6. The minimum Gasteiger partial charge on any atom is -0.257 e. The van der Waals surface area contributed by atoms with Gasteiger partial charge in [-0.15, -0.1) is 13.2 Å². The van der Waals surface area contributed by atoms with Crippen molar-refractivity contribution < 1.29 is 0 Å². The summed E-state index contributed by atoms with van der Waals surface area (Å²) in [6.07, 6.45) is 19.6. The van der Waals surface area contributed by atoms with Crippen LogP contribution in [-0.2, 0) is 0 Å². The van der Waals surface area contributed by atoms with Crippen LogP contribution < -0.4 is 0 Å². The summed E-state index contributed by atoms with van der Waals surface area (Å²) in [5, 5.41) is 14.4. The van der Waals surface area contributed by atoms with E-state index in [1.165, 1.54) is 5.57 Å². The lowest BCUT2D eigenvalue weighted by molar-refractivity contribution is 0.148. The second-order valence-electron chi connectivity index (χ2n) is 9.31. The quantitative estimate of drug-likeness (QED) is 0.528. The van der Waals surface area contributed by atoms with Crippen molar-refractivity contribution in [1.82, 2.24) is 9.78 Å². The molecule has 0 aromatic carbocycles. The first kappa shape index (κ1) is 20.6. The van der Waals surface area contributed by atoms with Crippen LogP contribution in [0.25, 0.3) is 0 Å². The van der Waals surface area contributed by atoms with Crippen LogP contribution in [0.15, 0.2) is 76.8 Å². The normalized spacial score (nSPS) is 28.1. The first-order valence-electron chi connectivity index (χ1n) is 11.5. The third kappa shape index (κ3) is 3.26. The Bertz CT molecular complexity index is 1150. The first-order chi connectivity index (χ1) is 15.6. The molecule has 0 N–H and O–H groups in total. The third-order valence-corrected chi connectivity index (χ3v) is 7.37. The highest BCUT2D eigenvalue weighted by Gasteiger charge is 2.43. The smallest absolute Gasteiger partial charge is 0.155 e. The van der Waals surface area contributed by atoms with Crippen molar-refractivity contribution in [1.29, 1.82) is 5.26 Å². The van der Waals surface area contributed by atoms with Gasteiger partial charge in [-0.25, -0.2) is 9.67 Å². The van der Waals surface area contributed by atoms with Crippen LogP contribution in [0.5, 0.6) is 0 Å². The van der Waals surface area contributed by atoms with Crippen molar-refractivity contribution in [3.05, 3.63) is 72.5 Å². The average molecular weight is 424 g/mol. The fraction of sp³-hybridized carbons (Fsp3) is 0.407. The van der Waals surface area contributed by atoms with E-state index >= 15 is 0 Å². The Balaban J connectivity index is 1.52. The van der Waals surface area contributed by atoms with E-state index in [2.05, 4.69) is 53.6 Å². The van der Waals surface area contributed by atoms with Crippen LogP contribution in [0, 0.1) is 41.4 Å². The number of dihydropyridines is 1. The molecule has 0 spiro atoms. The number of fused-ring (bicyclic) bond motifs is 3. The zero-order chi connectivity index (χ0) is 22.3. The molecule has 4 unspecified atom stereocenters. The van der Waals surface area contributed by atoms with Crippen molar-refractivity contribution in [3.63, 3.8) is 0 Å². The Labute approximate surface area is 190 Å². The molecule has 5 heteroatoms. The molecule has 2 aliphatic heterocycles. The number of aryl methyl sites for hydroxylation is 1. The number of aliphatic imine (C=N–C) groups is 2. The predicted molar refractivity (Wildman–Crippen MR) is 129 cm³/mol. The van der Waals surface area contributed by atoms with E-state index in [0.717, 1.165) is 54.9 Å². The van der Waals surface area contributed by atoms with E-state index in [1.54, 1.807) is 0 Å². The summed E-state index contributed by atoms with van der Waals surface area (Å²) in [6, 6.07) is 4.61. The predicted octanol–water partition coefficient (Wildman–Crippen LogP) is 5.98. The summed E-state index contributed by atoms with van der Waals surface area (Å²) >= 11 is 0. The standard InChI is InChI=1S/C27H29N5/c1-4-7-19(5-2)23-15-21-16-29-24-14-18(3)31-32(24)26(21)30-25(23)20-8-10-22(11-9-20)27(17-28)12-6-13-27/h4-5,8-10,14-16,19,21-22,26H,1-2,6-7,11-13H2,3H3. The highest BCUT2D eigenvalue weighted by molar-refractivity contribution is 6.15. The Morgan fingerprint density at radius 1 is 1.38 bits per heavy atom. The minimum atomic E-state index is -0.176. The number of aromatic nitrogens is 2. The van der Waals surface area contributed by atoms with E-state index in [1.807, 2.05) is 36.0 Å². The molecule has 0 bridgehead atoms. The van der Waals surface area contributed by atoms with Crippen molar-refractivity contribution in [2.75, 3.05) is 0 Å². The van der Waals surface area contributed by atoms with Crippen LogP contribution in [0.4, 0.5) is 5.82 Å². The van der Waals surface area contributed by atoms with Crippen molar-refractivity contribution in [2.45, 2.75) is 45.2 Å². The van der Waals surface area contributed by atoms with Gasteiger partial charge < -0.3 is 0 Å². The number of allylic oxidation sites excluding steroid dienone is 7. The number of hydrogen-bond acceptors (Lipinski definition) is 4. The van der Waals surface area contributed by atoms with Crippen LogP contribution in [-0.4, -0.2) is 21.7 Å². The minimum absolute atomic E-state index is 0.0607. The third-order valence-electron chi connectivity index (χ3n) is 7.37. The highest BCUT2D eigenvalue weighted by atomic mass is 15.4. The Morgan fingerprint density at radius 3 is 2.84 bits per heavy atom. The van der Waals surface area contributed by atoms with Crippen molar-refractivity contribution >= 4 is 17.7 Å². The SMILES string of the molecule is C=CCC(C=C)C1=CC2C=Nc3cc(C)nn3C2N=C1C1=CCC(C2(C#N)CCC2)C=C1. The second kappa shape index (κ2) is 8.02. The molecule has 1 fully saturated rings. The zero-order valence-corrected chi connectivity index (χ0v) is 18.6. The number of nitrogens with zero attached hydrogens (tertiary/aromatic N) is 5. The topological polar surface area (TPSA) is 66.3 Å². The Hall–Kier alpha value is -3.26. The van der Waals surface area contributed by atoms with Gasteiger partial charge in [-0.3, -0.25) is 4.99 Å². The lowest BCUT2D eigenvalue weighted by atomic mass is 9.60. The van der Waals surface area contributed by atoms with Gasteiger partial charge in [0.05, 0.1) is 28.8 Å². The van der Waals surface area contributed by atoms with Gasteiger partial charge in [0.2, 0.25) is 0 Å². The van der Waals surface area contributed by atoms with Crippen LogP contribution >= 0.6 is 0 Å². The summed E-state index contributed by atoms with van der Waals surface area (Å²) in [4.78, 5) is 9.87. The van der Waals surface area contributed by atoms with Crippen LogP contribution in [0.3, 0.4) is 0 Å². The summed E-state index contributed by atoms with van der Waals surface area (Å²) in [5.41, 5.74) is 4.07. The van der Waals surface area contributed by atoms with Crippen LogP contribution in [0.2, 0.25) is 0 Å². The summed E-state index contributed by atoms with van der Waals surface area (Å²) in [6.45, 7) is 10.0. The molecule has 1 saturated carbocycles. The van der Waals surface area contributed by atoms with Crippen molar-refractivity contribution in [3.8, 4) is 6.07 Å². The molecule has 5 rings (SSSR count). The van der Waals surface area contributed by atoms with Gasteiger partial charge in [-0.05, 0) is 49.7 Å². The fourth-order valence-corrected chi connectivity index (χ4v) is 5.36. The maximum atomic E-state index is 9.75. The van der Waals surface area contributed by atoms with Gasteiger partial charge in [-0.1, -0.05) is 42.9 Å². The summed E-state index contributed by atoms with van der Waals surface area (Å²) < 4.78 is 1.94. The molecule has 162 valence electrons. The highest BCUT2D eigenvalue weighted by Crippen LogP contribution is 2.50. The second-order valence-corrected chi connectivity index (χ2v) is 9.31. The fourth-order valence-electron chi connectivity index (χ4n) is 5.36. The maximum absolute atomic E-state index is 9.75.